The van der Waals surface area contributed by atoms with Crippen molar-refractivity contribution in [2.45, 2.75) is 70.4 Å². The third-order valence-corrected chi connectivity index (χ3v) is 4.20. The SMILES string of the molecule is C=CCC(Cc1ccn(C2CCCCC2)n1)NCCC. The molecule has 1 aromatic rings. The van der Waals surface area contributed by atoms with E-state index in [0.717, 1.165) is 19.4 Å². The molecule has 0 aromatic carbocycles. The van der Waals surface area contributed by atoms with E-state index in [4.69, 9.17) is 5.10 Å². The predicted octanol–water partition coefficient (Wildman–Crippen LogP) is 3.88. The van der Waals surface area contributed by atoms with Gasteiger partial charge in [0, 0.05) is 18.7 Å². The highest BCUT2D eigenvalue weighted by Crippen LogP contribution is 2.27. The number of aromatic nitrogens is 2. The van der Waals surface area contributed by atoms with Crippen LogP contribution in [0.3, 0.4) is 0 Å². The third-order valence-electron chi connectivity index (χ3n) is 4.20. The monoisotopic (exact) mass is 275 g/mol. The molecule has 0 aliphatic heterocycles. The molecule has 0 radical (unpaired) electrons. The first-order chi connectivity index (χ1) is 9.83. The smallest absolute Gasteiger partial charge is 0.0640 e. The minimum Gasteiger partial charge on any atom is -0.313 e. The highest BCUT2D eigenvalue weighted by Gasteiger charge is 2.16. The fourth-order valence-electron chi connectivity index (χ4n) is 3.08. The van der Waals surface area contributed by atoms with Crippen LogP contribution in [-0.4, -0.2) is 22.4 Å². The maximum absolute atomic E-state index is 4.81. The molecule has 1 atom stereocenters. The van der Waals surface area contributed by atoms with Gasteiger partial charge in [0.25, 0.3) is 0 Å². The van der Waals surface area contributed by atoms with Crippen molar-refractivity contribution in [1.29, 1.82) is 0 Å². The van der Waals surface area contributed by atoms with Crippen LogP contribution in [0.5, 0.6) is 0 Å². The quantitative estimate of drug-likeness (QED) is 0.730. The number of hydrogen-bond acceptors (Lipinski definition) is 2. The maximum Gasteiger partial charge on any atom is 0.0640 e. The van der Waals surface area contributed by atoms with Gasteiger partial charge in [0.15, 0.2) is 0 Å². The zero-order chi connectivity index (χ0) is 14.2. The van der Waals surface area contributed by atoms with E-state index < -0.39 is 0 Å². The van der Waals surface area contributed by atoms with Gasteiger partial charge in [-0.25, -0.2) is 0 Å². The Morgan fingerprint density at radius 3 is 2.95 bits per heavy atom. The molecule has 0 saturated heterocycles. The molecule has 0 amide bonds. The number of hydrogen-bond donors (Lipinski definition) is 1. The van der Waals surface area contributed by atoms with Crippen molar-refractivity contribution < 1.29 is 0 Å². The summed E-state index contributed by atoms with van der Waals surface area (Å²) in [5.41, 5.74) is 1.21. The molecule has 1 saturated carbocycles. The summed E-state index contributed by atoms with van der Waals surface area (Å²) in [7, 11) is 0. The summed E-state index contributed by atoms with van der Waals surface area (Å²) in [4.78, 5) is 0. The molecule has 0 spiro atoms. The Kier molecular flexibility index (Phi) is 6.31. The van der Waals surface area contributed by atoms with Gasteiger partial charge in [-0.05, 0) is 38.3 Å². The Morgan fingerprint density at radius 1 is 1.45 bits per heavy atom. The van der Waals surface area contributed by atoms with Crippen LogP contribution in [0.2, 0.25) is 0 Å². The summed E-state index contributed by atoms with van der Waals surface area (Å²) in [6, 6.07) is 3.30. The Labute approximate surface area is 123 Å². The van der Waals surface area contributed by atoms with Gasteiger partial charge in [-0.15, -0.1) is 6.58 Å². The standard InChI is InChI=1S/C17H29N3/c1-3-8-15(18-12-4-2)14-16-11-13-20(19-16)17-9-6-5-7-10-17/h3,11,13,15,17-18H,1,4-10,12,14H2,2H3. The second kappa shape index (κ2) is 8.25. The van der Waals surface area contributed by atoms with Gasteiger partial charge < -0.3 is 5.32 Å². The van der Waals surface area contributed by atoms with E-state index in [1.54, 1.807) is 0 Å². The van der Waals surface area contributed by atoms with Crippen molar-refractivity contribution in [2.75, 3.05) is 6.54 Å². The molecule has 1 N–H and O–H groups in total. The van der Waals surface area contributed by atoms with Crippen LogP contribution in [0.4, 0.5) is 0 Å². The molecule has 3 heteroatoms. The minimum atomic E-state index is 0.474. The number of rotatable bonds is 8. The average Bonchev–Trinajstić information content (AvgIpc) is 2.94. The number of nitrogens with zero attached hydrogens (tertiary/aromatic N) is 2. The van der Waals surface area contributed by atoms with Crippen LogP contribution < -0.4 is 5.32 Å². The average molecular weight is 275 g/mol. The van der Waals surface area contributed by atoms with Gasteiger partial charge in [-0.1, -0.05) is 32.3 Å². The molecular formula is C17H29N3. The fourth-order valence-corrected chi connectivity index (χ4v) is 3.08. The molecule has 1 aliphatic rings. The second-order valence-corrected chi connectivity index (χ2v) is 5.96. The summed E-state index contributed by atoms with van der Waals surface area (Å²) in [6.45, 7) is 7.14. The van der Waals surface area contributed by atoms with Gasteiger partial charge in [-0.2, -0.15) is 5.10 Å². The van der Waals surface area contributed by atoms with Crippen LogP contribution in [0.25, 0.3) is 0 Å². The van der Waals surface area contributed by atoms with Crippen LogP contribution in [0, 0.1) is 0 Å². The Morgan fingerprint density at radius 2 is 2.25 bits per heavy atom. The lowest BCUT2D eigenvalue weighted by Gasteiger charge is -2.22. The van der Waals surface area contributed by atoms with Crippen LogP contribution >= 0.6 is 0 Å². The van der Waals surface area contributed by atoms with Gasteiger partial charge in [-0.3, -0.25) is 4.68 Å². The van der Waals surface area contributed by atoms with E-state index in [1.165, 1.54) is 44.2 Å². The second-order valence-electron chi connectivity index (χ2n) is 5.96. The van der Waals surface area contributed by atoms with Gasteiger partial charge in [0.05, 0.1) is 11.7 Å². The van der Waals surface area contributed by atoms with Crippen molar-refractivity contribution in [1.82, 2.24) is 15.1 Å². The van der Waals surface area contributed by atoms with E-state index in [1.807, 2.05) is 6.08 Å². The maximum atomic E-state index is 4.81. The molecule has 3 nitrogen and oxygen atoms in total. The molecule has 2 rings (SSSR count). The normalized spacial score (nSPS) is 18.1. The Hall–Kier alpha value is -1.09. The van der Waals surface area contributed by atoms with Crippen molar-refractivity contribution in [3.8, 4) is 0 Å². The zero-order valence-corrected chi connectivity index (χ0v) is 12.9. The van der Waals surface area contributed by atoms with Gasteiger partial charge in [0.1, 0.15) is 0 Å². The first kappa shape index (κ1) is 15.3. The number of nitrogens with one attached hydrogen (secondary N) is 1. The highest BCUT2D eigenvalue weighted by molar-refractivity contribution is 5.03. The zero-order valence-electron chi connectivity index (χ0n) is 12.9. The fraction of sp³-hybridized carbons (Fsp3) is 0.706. The molecule has 1 aromatic heterocycles. The topological polar surface area (TPSA) is 29.9 Å². The van der Waals surface area contributed by atoms with Crippen molar-refractivity contribution in [3.05, 3.63) is 30.6 Å². The third kappa shape index (κ3) is 4.48. The summed E-state index contributed by atoms with van der Waals surface area (Å²) in [5, 5.41) is 8.39. The van der Waals surface area contributed by atoms with Crippen LogP contribution in [0.15, 0.2) is 24.9 Å². The first-order valence-electron chi connectivity index (χ1n) is 8.21. The van der Waals surface area contributed by atoms with Crippen LogP contribution in [0.1, 0.15) is 63.6 Å². The molecule has 1 heterocycles. The Balaban J connectivity index is 1.90. The first-order valence-corrected chi connectivity index (χ1v) is 8.21. The van der Waals surface area contributed by atoms with E-state index in [-0.39, 0.29) is 0 Å². The summed E-state index contributed by atoms with van der Waals surface area (Å²) in [5.74, 6) is 0. The van der Waals surface area contributed by atoms with Crippen molar-refractivity contribution in [2.24, 2.45) is 0 Å². The summed E-state index contributed by atoms with van der Waals surface area (Å²) in [6.07, 6.45) is 14.1. The highest BCUT2D eigenvalue weighted by atomic mass is 15.3. The van der Waals surface area contributed by atoms with Gasteiger partial charge in [0.2, 0.25) is 0 Å². The lowest BCUT2D eigenvalue weighted by Crippen LogP contribution is -2.31. The molecule has 1 fully saturated rings. The van der Waals surface area contributed by atoms with E-state index in [0.29, 0.717) is 12.1 Å². The lowest BCUT2D eigenvalue weighted by molar-refractivity contribution is 0.327. The summed E-state index contributed by atoms with van der Waals surface area (Å²) >= 11 is 0. The molecule has 1 aliphatic carbocycles. The predicted molar refractivity (Wildman–Crippen MR) is 84.9 cm³/mol. The Bertz CT molecular complexity index is 391. The van der Waals surface area contributed by atoms with E-state index >= 15 is 0 Å². The molecule has 1 unspecified atom stereocenters. The van der Waals surface area contributed by atoms with E-state index in [2.05, 4.69) is 35.8 Å². The molecule has 112 valence electrons. The van der Waals surface area contributed by atoms with Crippen molar-refractivity contribution in [3.63, 3.8) is 0 Å². The minimum absolute atomic E-state index is 0.474. The largest absolute Gasteiger partial charge is 0.313 e. The molecule has 20 heavy (non-hydrogen) atoms. The summed E-state index contributed by atoms with van der Waals surface area (Å²) < 4.78 is 2.21. The molecule has 0 bridgehead atoms. The van der Waals surface area contributed by atoms with E-state index in [9.17, 15) is 0 Å². The molecular weight excluding hydrogens is 246 g/mol. The van der Waals surface area contributed by atoms with Gasteiger partial charge >= 0.3 is 0 Å². The van der Waals surface area contributed by atoms with Crippen LogP contribution in [-0.2, 0) is 6.42 Å². The van der Waals surface area contributed by atoms with Crippen molar-refractivity contribution >= 4 is 0 Å². The lowest BCUT2D eigenvalue weighted by atomic mass is 9.96.